The van der Waals surface area contributed by atoms with Gasteiger partial charge in [-0.15, -0.1) is 0 Å². The second-order valence-corrected chi connectivity index (χ2v) is 11.0. The van der Waals surface area contributed by atoms with Gasteiger partial charge in [0.15, 0.2) is 5.65 Å². The van der Waals surface area contributed by atoms with E-state index in [-0.39, 0.29) is 23.1 Å². The van der Waals surface area contributed by atoms with Gasteiger partial charge in [0.1, 0.15) is 11.4 Å². The molecule has 0 saturated heterocycles. The van der Waals surface area contributed by atoms with Crippen LogP contribution in [0.5, 0.6) is 0 Å². The second kappa shape index (κ2) is 10.6. The van der Waals surface area contributed by atoms with Gasteiger partial charge < -0.3 is 10.1 Å². The maximum atomic E-state index is 14.2. The molecule has 1 fully saturated rings. The smallest absolute Gasteiger partial charge is 0.407 e. The zero-order valence-corrected chi connectivity index (χ0v) is 22.3. The van der Waals surface area contributed by atoms with Gasteiger partial charge in [-0.05, 0) is 82.7 Å². The minimum absolute atomic E-state index is 0.0348. The maximum Gasteiger partial charge on any atom is 0.407 e. The molecule has 1 aliphatic carbocycles. The first kappa shape index (κ1) is 26.5. The minimum Gasteiger partial charge on any atom is -0.444 e. The van der Waals surface area contributed by atoms with Crippen molar-refractivity contribution in [3.05, 3.63) is 80.9 Å². The largest absolute Gasteiger partial charge is 0.444 e. The molecule has 1 unspecified atom stereocenters. The number of carbonyl (C=O) groups is 1. The molecule has 1 atom stereocenters. The lowest BCUT2D eigenvalue weighted by Crippen LogP contribution is -2.45. The summed E-state index contributed by atoms with van der Waals surface area (Å²) < 4.78 is 22.2. The van der Waals surface area contributed by atoms with Crippen LogP contribution in [0.15, 0.2) is 63.3 Å². The lowest BCUT2D eigenvalue weighted by atomic mass is 9.91. The predicted octanol–water partition coefficient (Wildman–Crippen LogP) is 4.77. The van der Waals surface area contributed by atoms with Gasteiger partial charge in [-0.1, -0.05) is 18.2 Å². The predicted molar refractivity (Wildman–Crippen MR) is 147 cm³/mol. The number of rotatable bonds is 4. The highest BCUT2D eigenvalue weighted by atomic mass is 19.1. The molecule has 3 aromatic rings. The van der Waals surface area contributed by atoms with Gasteiger partial charge >= 0.3 is 11.8 Å². The van der Waals surface area contributed by atoms with Crippen LogP contribution in [-0.2, 0) is 4.74 Å². The number of hydrogen-bond acceptors (Lipinski definition) is 6. The van der Waals surface area contributed by atoms with E-state index in [1.807, 2.05) is 30.4 Å². The Balaban J connectivity index is 1.51. The number of fused-ring (bicyclic) bond motifs is 1. The van der Waals surface area contributed by atoms with E-state index in [4.69, 9.17) is 4.74 Å². The number of aromatic nitrogens is 3. The summed E-state index contributed by atoms with van der Waals surface area (Å²) in [6.07, 6.45) is 9.05. The van der Waals surface area contributed by atoms with Crippen LogP contribution < -0.4 is 16.6 Å². The van der Waals surface area contributed by atoms with Gasteiger partial charge in [0.25, 0.3) is 5.56 Å². The fourth-order valence-electron chi connectivity index (χ4n) is 5.27. The Bertz CT molecular complexity index is 1580. The molecule has 1 N–H and O–H groups in total. The molecule has 2 aliphatic rings. The molecule has 1 aliphatic heterocycles. The Morgan fingerprint density at radius 1 is 1.13 bits per heavy atom. The molecule has 10 heteroatoms. The van der Waals surface area contributed by atoms with Gasteiger partial charge in [0.05, 0.1) is 23.3 Å². The summed E-state index contributed by atoms with van der Waals surface area (Å²) in [7, 11) is 0. The van der Waals surface area contributed by atoms with Gasteiger partial charge in [-0.3, -0.25) is 14.4 Å². The van der Waals surface area contributed by atoms with Crippen LogP contribution in [0, 0.1) is 5.82 Å². The summed E-state index contributed by atoms with van der Waals surface area (Å²) in [6, 6.07) is 7.93. The number of aliphatic imine (C=N–C) groups is 1. The molecule has 204 valence electrons. The van der Waals surface area contributed by atoms with Crippen LogP contribution in [0.25, 0.3) is 16.7 Å². The highest BCUT2D eigenvalue weighted by molar-refractivity contribution is 5.76. The lowest BCUT2D eigenvalue weighted by molar-refractivity contribution is 0.0487. The van der Waals surface area contributed by atoms with Crippen LogP contribution in [0.2, 0.25) is 0 Å². The monoisotopic (exact) mass is 533 g/mol. The average Bonchev–Trinajstić information content (AvgIpc) is 2.90. The fraction of sp³-hybridized carbons (Fsp3) is 0.414. The van der Waals surface area contributed by atoms with Gasteiger partial charge in [0.2, 0.25) is 0 Å². The van der Waals surface area contributed by atoms with Crippen molar-refractivity contribution < 1.29 is 13.9 Å². The number of alkyl carbamates (subject to hydrolysis) is 1. The van der Waals surface area contributed by atoms with E-state index >= 15 is 0 Å². The number of dihydropyridines is 1. The fourth-order valence-corrected chi connectivity index (χ4v) is 5.27. The van der Waals surface area contributed by atoms with Gasteiger partial charge in [0, 0.05) is 18.3 Å². The third-order valence-corrected chi connectivity index (χ3v) is 7.04. The SMILES string of the molecule is CC(C)(C)OC(=O)N[C@H]1CC[C@@H](n2c(=O)c3cc(F)cnc3n(-c3cccc(C4CC=CC=N4)c3)c2=O)CC1. The number of benzene rings is 1. The van der Waals surface area contributed by atoms with E-state index < -0.39 is 34.8 Å². The van der Waals surface area contributed by atoms with Crippen LogP contribution in [0.3, 0.4) is 0 Å². The van der Waals surface area contributed by atoms with Crippen LogP contribution >= 0.6 is 0 Å². The second-order valence-electron chi connectivity index (χ2n) is 11.0. The van der Waals surface area contributed by atoms with E-state index in [2.05, 4.69) is 15.3 Å². The topological polar surface area (TPSA) is 108 Å². The zero-order valence-electron chi connectivity index (χ0n) is 22.3. The Morgan fingerprint density at radius 2 is 1.90 bits per heavy atom. The molecule has 2 aromatic heterocycles. The van der Waals surface area contributed by atoms with Crippen molar-refractivity contribution in [2.75, 3.05) is 0 Å². The average molecular weight is 534 g/mol. The van der Waals surface area contributed by atoms with E-state index in [9.17, 15) is 18.8 Å². The third-order valence-electron chi connectivity index (χ3n) is 7.04. The summed E-state index contributed by atoms with van der Waals surface area (Å²) in [5.74, 6) is -0.654. The first-order chi connectivity index (χ1) is 18.6. The molecular weight excluding hydrogens is 501 g/mol. The number of halogens is 1. The van der Waals surface area contributed by atoms with Crippen molar-refractivity contribution >= 4 is 23.3 Å². The number of carbonyl (C=O) groups excluding carboxylic acids is 1. The van der Waals surface area contributed by atoms with E-state index in [1.54, 1.807) is 33.1 Å². The Hall–Kier alpha value is -4.08. The quantitative estimate of drug-likeness (QED) is 0.520. The molecule has 3 heterocycles. The van der Waals surface area contributed by atoms with Crippen molar-refractivity contribution in [1.82, 2.24) is 19.4 Å². The molecule has 9 nitrogen and oxygen atoms in total. The third kappa shape index (κ3) is 5.69. The first-order valence-corrected chi connectivity index (χ1v) is 13.2. The van der Waals surface area contributed by atoms with Crippen molar-refractivity contribution in [2.24, 2.45) is 4.99 Å². The van der Waals surface area contributed by atoms with Crippen molar-refractivity contribution in [3.8, 4) is 5.69 Å². The molecule has 1 amide bonds. The number of nitrogens with one attached hydrogen (secondary N) is 1. The Labute approximate surface area is 225 Å². The van der Waals surface area contributed by atoms with Crippen LogP contribution in [0.1, 0.15) is 70.5 Å². The molecule has 0 spiro atoms. The number of allylic oxidation sites excluding steroid dienone is 1. The Kier molecular flexibility index (Phi) is 7.20. The standard InChI is InChI=1S/C29H32FN5O4/c1-29(2,3)39-27(37)33-20-10-12-21(13-11-20)35-26(36)23-16-19(30)17-32-25(23)34(28(35)38)22-8-6-7-18(15-22)24-9-4-5-14-31-24/h4-8,14-17,20-21,24H,9-13H2,1-3H3,(H,33,37)/t20-,21+,24?. The molecule has 1 aromatic carbocycles. The molecular formula is C29H32FN5O4. The number of nitrogens with zero attached hydrogens (tertiary/aromatic N) is 4. The zero-order chi connectivity index (χ0) is 27.7. The molecule has 39 heavy (non-hydrogen) atoms. The number of amides is 1. The number of ether oxygens (including phenoxy) is 1. The van der Waals surface area contributed by atoms with E-state index in [1.165, 1.54) is 9.13 Å². The van der Waals surface area contributed by atoms with Crippen LogP contribution in [0.4, 0.5) is 9.18 Å². The molecule has 5 rings (SSSR count). The summed E-state index contributed by atoms with van der Waals surface area (Å²) >= 11 is 0. The van der Waals surface area contributed by atoms with Gasteiger partial charge in [-0.2, -0.15) is 0 Å². The summed E-state index contributed by atoms with van der Waals surface area (Å²) in [4.78, 5) is 48.4. The van der Waals surface area contributed by atoms with Crippen molar-refractivity contribution in [1.29, 1.82) is 0 Å². The van der Waals surface area contributed by atoms with Gasteiger partial charge in [-0.25, -0.2) is 23.5 Å². The summed E-state index contributed by atoms with van der Waals surface area (Å²) in [5.41, 5.74) is -0.153. The van der Waals surface area contributed by atoms with E-state index in [0.29, 0.717) is 31.4 Å². The van der Waals surface area contributed by atoms with Crippen LogP contribution in [-0.4, -0.2) is 38.1 Å². The summed E-state index contributed by atoms with van der Waals surface area (Å²) in [5, 5.41) is 2.92. The number of hydrogen-bond donors (Lipinski definition) is 1. The highest BCUT2D eigenvalue weighted by Gasteiger charge is 2.29. The van der Waals surface area contributed by atoms with Crippen molar-refractivity contribution in [3.63, 3.8) is 0 Å². The normalized spacial score (nSPS) is 21.2. The molecule has 0 bridgehead atoms. The lowest BCUT2D eigenvalue weighted by Gasteiger charge is -2.31. The highest BCUT2D eigenvalue weighted by Crippen LogP contribution is 2.29. The number of pyridine rings is 1. The van der Waals surface area contributed by atoms with E-state index in [0.717, 1.165) is 24.2 Å². The van der Waals surface area contributed by atoms with Crippen molar-refractivity contribution in [2.45, 2.75) is 76.6 Å². The first-order valence-electron chi connectivity index (χ1n) is 13.2. The minimum atomic E-state index is -0.654. The molecule has 1 saturated carbocycles. The Morgan fingerprint density at radius 3 is 2.59 bits per heavy atom. The molecule has 0 radical (unpaired) electrons. The summed E-state index contributed by atoms with van der Waals surface area (Å²) in [6.45, 7) is 5.40. The maximum absolute atomic E-state index is 14.2.